The zero-order chi connectivity index (χ0) is 55.3. The molecule has 0 fully saturated rings. The maximum Gasteiger partial charge on any atom is 0.412 e. The summed E-state index contributed by atoms with van der Waals surface area (Å²) in [4.78, 5) is 43.6. The van der Waals surface area contributed by atoms with Crippen molar-refractivity contribution in [1.82, 2.24) is 13.8 Å². The normalized spacial score (nSPS) is 11.8. The second-order valence-electron chi connectivity index (χ2n) is 22.4. The summed E-state index contributed by atoms with van der Waals surface area (Å²) in [6.07, 6.45) is 3.43. The lowest BCUT2D eigenvalue weighted by Crippen LogP contribution is -2.27. The minimum atomic E-state index is -0.675. The lowest BCUT2D eigenvalue weighted by Gasteiger charge is -2.21. The number of hydrogen-bond donors (Lipinski definition) is 2. The van der Waals surface area contributed by atoms with Crippen LogP contribution in [-0.2, 0) is 9.47 Å². The third kappa shape index (κ3) is 9.11. The molecule has 11 rings (SSSR count). The third-order valence-corrected chi connectivity index (χ3v) is 15.9. The van der Waals surface area contributed by atoms with Gasteiger partial charge in [0.25, 0.3) is 5.56 Å². The van der Waals surface area contributed by atoms with Gasteiger partial charge in [-0.2, -0.15) is 0 Å². The Bertz CT molecular complexity index is 4380. The molecular weight excluding hydrogens is 953 g/mol. The van der Waals surface area contributed by atoms with Gasteiger partial charge in [-0.15, -0.1) is 0 Å². The Labute approximate surface area is 450 Å². The number of hydrogen-bond acceptors (Lipinski definition) is 5. The molecule has 390 valence electrons. The zero-order valence-corrected chi connectivity index (χ0v) is 47.3. The van der Waals surface area contributed by atoms with Gasteiger partial charge in [-0.1, -0.05) is 48.5 Å². The molecule has 0 aliphatic heterocycles. The molecule has 9 nitrogen and oxygen atoms in total. The molecule has 77 heavy (non-hydrogen) atoms. The molecule has 5 heterocycles. The fraction of sp³-hybridized carbons (Fsp3) is 0.250. The summed E-state index contributed by atoms with van der Waals surface area (Å²) in [6.45, 7) is 30.7. The van der Waals surface area contributed by atoms with Crippen LogP contribution in [0, 0.1) is 83.1 Å². The van der Waals surface area contributed by atoms with E-state index in [0.717, 1.165) is 82.6 Å². The van der Waals surface area contributed by atoms with Crippen LogP contribution >= 0.6 is 0 Å². The number of aryl methyl sites for hydroxylation is 12. The molecule has 0 saturated carbocycles. The number of carbonyl (C=O) groups is 2. The number of aromatic nitrogens is 3. The van der Waals surface area contributed by atoms with E-state index >= 15 is 0 Å². The summed E-state index contributed by atoms with van der Waals surface area (Å²) in [6, 6.07) is 34.4. The van der Waals surface area contributed by atoms with E-state index in [1.807, 2.05) is 63.4 Å². The van der Waals surface area contributed by atoms with Gasteiger partial charge >= 0.3 is 12.1 Å². The number of aromatic amines is 1. The first-order valence-corrected chi connectivity index (χ1v) is 26.4. The van der Waals surface area contributed by atoms with Crippen LogP contribution in [0.1, 0.15) is 98.0 Å². The Balaban J connectivity index is 0.000000179. The molecule has 0 radical (unpaired) electrons. The summed E-state index contributed by atoms with van der Waals surface area (Å²) in [5, 5.41) is 9.58. The van der Waals surface area contributed by atoms with Crippen LogP contribution in [0.15, 0.2) is 114 Å². The number of fused-ring (bicyclic) bond motifs is 10. The fourth-order valence-electron chi connectivity index (χ4n) is 10.9. The average Bonchev–Trinajstić information content (AvgIpc) is 4.08. The molecule has 0 aliphatic rings. The molecule has 1 amide bonds. The fourth-order valence-corrected chi connectivity index (χ4v) is 10.9. The quantitative estimate of drug-likeness (QED) is 0.167. The number of pyridine rings is 3. The highest BCUT2D eigenvalue weighted by atomic mass is 16.6. The molecule has 5 aromatic heterocycles. The molecule has 0 bridgehead atoms. The molecule has 6 aromatic carbocycles. The van der Waals surface area contributed by atoms with E-state index in [1.54, 1.807) is 0 Å². The van der Waals surface area contributed by atoms with E-state index in [4.69, 9.17) is 9.47 Å². The third-order valence-electron chi connectivity index (χ3n) is 15.9. The van der Waals surface area contributed by atoms with Crippen molar-refractivity contribution in [2.75, 3.05) is 12.4 Å². The number of amides is 1. The number of anilines is 1. The van der Waals surface area contributed by atoms with Crippen molar-refractivity contribution in [3.8, 4) is 33.4 Å². The van der Waals surface area contributed by atoms with E-state index in [0.29, 0.717) is 28.0 Å². The van der Waals surface area contributed by atoms with Gasteiger partial charge in [0.05, 0.1) is 23.8 Å². The molecule has 0 saturated heterocycles. The lowest BCUT2D eigenvalue weighted by molar-refractivity contribution is 0.0592. The minimum Gasteiger partial charge on any atom is -0.464 e. The van der Waals surface area contributed by atoms with Crippen molar-refractivity contribution < 1.29 is 19.1 Å². The van der Waals surface area contributed by atoms with E-state index in [2.05, 4.69) is 169 Å². The standard InChI is InChI=1S/C37H40N2O4.C31H28N2O/c1-20-11-12-27(16-21(20)2)31-32(29-18-24(5)25(6)19-30(29)38-36(41)43-37(7,8)9)34(35(40)42-10)39-14-13-26-15-22(3)23(4)17-28(26)33(31)39;1-16-7-8-23(12-17(16)2)27-28-25-14-20(5)21(6)15-26(25)32-31(34)30(28)33-10-9-22-11-18(3)19(4)13-24(22)29(27)33/h11-19H,1-10H3,(H,38,41);7-15H,1-6H3,(H,32,34). The number of carbonyl (C=O) groups excluding carboxylic acids is 2. The summed E-state index contributed by atoms with van der Waals surface area (Å²) in [5.41, 5.74) is 23.5. The molecular formula is C68H68N4O5. The van der Waals surface area contributed by atoms with Gasteiger partial charge in [0.2, 0.25) is 0 Å². The first kappa shape index (κ1) is 52.0. The predicted molar refractivity (Wildman–Crippen MR) is 320 cm³/mol. The Kier molecular flexibility index (Phi) is 13.0. The number of nitrogens with one attached hydrogen (secondary N) is 2. The number of ether oxygens (including phenoxy) is 2. The summed E-state index contributed by atoms with van der Waals surface area (Å²) < 4.78 is 15.1. The highest BCUT2D eigenvalue weighted by Crippen LogP contribution is 2.47. The van der Waals surface area contributed by atoms with Crippen LogP contribution in [0.3, 0.4) is 0 Å². The van der Waals surface area contributed by atoms with Crippen molar-refractivity contribution in [3.63, 3.8) is 0 Å². The number of rotatable bonds is 5. The minimum absolute atomic E-state index is 0.0565. The van der Waals surface area contributed by atoms with E-state index < -0.39 is 17.7 Å². The van der Waals surface area contributed by atoms with Gasteiger partial charge in [0.1, 0.15) is 16.8 Å². The van der Waals surface area contributed by atoms with Gasteiger partial charge in [0, 0.05) is 61.7 Å². The van der Waals surface area contributed by atoms with Crippen molar-refractivity contribution in [1.29, 1.82) is 0 Å². The van der Waals surface area contributed by atoms with Crippen LogP contribution < -0.4 is 10.9 Å². The summed E-state index contributed by atoms with van der Waals surface area (Å²) in [5.74, 6) is -0.468. The zero-order valence-electron chi connectivity index (χ0n) is 47.3. The molecule has 11 aromatic rings. The maximum atomic E-state index is 13.8. The van der Waals surface area contributed by atoms with Gasteiger partial charge in [-0.05, 0) is 241 Å². The lowest BCUT2D eigenvalue weighted by atomic mass is 9.90. The SMILES string of the molecule is COC(=O)c1c(-c2cc(C)c(C)cc2NC(=O)OC(C)(C)C)c(-c2ccc(C)c(C)c2)c2c3cc(C)c(C)cc3ccn12.Cc1ccc(-c2c3c4cc(C)c(C)cc4[nH]c(=O)c3n3ccc4cc(C)c(C)cc4c23)cc1C. The van der Waals surface area contributed by atoms with Crippen molar-refractivity contribution in [2.24, 2.45) is 0 Å². The molecule has 2 N–H and O–H groups in total. The Morgan fingerprint density at radius 1 is 0.494 bits per heavy atom. The Morgan fingerprint density at radius 3 is 1.51 bits per heavy atom. The number of esters is 1. The first-order chi connectivity index (χ1) is 36.4. The number of H-pyrrole nitrogens is 1. The predicted octanol–water partition coefficient (Wildman–Crippen LogP) is 17.0. The second kappa shape index (κ2) is 19.3. The van der Waals surface area contributed by atoms with Gasteiger partial charge in [-0.3, -0.25) is 10.1 Å². The molecule has 0 atom stereocenters. The number of nitrogens with zero attached hydrogens (tertiary/aromatic N) is 2. The number of methoxy groups -OCH3 is 1. The number of benzene rings is 6. The van der Waals surface area contributed by atoms with Gasteiger partial charge in [0.15, 0.2) is 0 Å². The molecule has 9 heteroatoms. The highest BCUT2D eigenvalue weighted by molar-refractivity contribution is 6.22. The van der Waals surface area contributed by atoms with Crippen LogP contribution in [0.2, 0.25) is 0 Å². The van der Waals surface area contributed by atoms with Crippen molar-refractivity contribution in [3.05, 3.63) is 192 Å². The molecule has 0 spiro atoms. The topological polar surface area (TPSA) is 106 Å². The highest BCUT2D eigenvalue weighted by Gasteiger charge is 2.31. The summed E-state index contributed by atoms with van der Waals surface area (Å²) in [7, 11) is 1.40. The van der Waals surface area contributed by atoms with Crippen LogP contribution in [0.4, 0.5) is 10.5 Å². The first-order valence-electron chi connectivity index (χ1n) is 26.4. The second-order valence-corrected chi connectivity index (χ2v) is 22.4. The summed E-state index contributed by atoms with van der Waals surface area (Å²) >= 11 is 0. The smallest absolute Gasteiger partial charge is 0.412 e. The molecule has 0 aliphatic carbocycles. The Morgan fingerprint density at radius 2 is 0.961 bits per heavy atom. The van der Waals surface area contributed by atoms with Gasteiger partial charge < -0.3 is 23.3 Å². The Hall–Kier alpha value is -8.43. The van der Waals surface area contributed by atoms with Crippen molar-refractivity contribution in [2.45, 2.75) is 109 Å². The van der Waals surface area contributed by atoms with Crippen molar-refractivity contribution >= 4 is 72.1 Å². The van der Waals surface area contributed by atoms with E-state index in [-0.39, 0.29) is 5.56 Å². The van der Waals surface area contributed by atoms with Crippen LogP contribution in [0.5, 0.6) is 0 Å². The molecule has 0 unspecified atom stereocenters. The maximum absolute atomic E-state index is 13.8. The van der Waals surface area contributed by atoms with E-state index in [9.17, 15) is 14.4 Å². The monoisotopic (exact) mass is 1020 g/mol. The van der Waals surface area contributed by atoms with Crippen LogP contribution in [-0.4, -0.2) is 38.6 Å². The average molecular weight is 1020 g/mol. The van der Waals surface area contributed by atoms with Gasteiger partial charge in [-0.25, -0.2) is 9.59 Å². The van der Waals surface area contributed by atoms with E-state index in [1.165, 1.54) is 62.4 Å². The largest absolute Gasteiger partial charge is 0.464 e. The van der Waals surface area contributed by atoms with Crippen LogP contribution in [0.25, 0.3) is 87.8 Å².